The average Bonchev–Trinajstić information content (AvgIpc) is 2.22. The molecule has 2 atom stereocenters. The maximum Gasteiger partial charge on any atom is 0.335 e. The van der Waals surface area contributed by atoms with E-state index in [1.54, 1.807) is 6.92 Å². The molecule has 0 saturated carbocycles. The molecule has 0 rings (SSSR count). The third-order valence-corrected chi connectivity index (χ3v) is 2.36. The Hall–Kier alpha value is -0.250. The number of hydrogen-bond acceptors (Lipinski definition) is 3. The number of halogens is 2. The molecule has 0 N–H and O–H groups in total. The molecular formula is C10H16Cl2O3. The van der Waals surface area contributed by atoms with Crippen molar-refractivity contribution in [2.75, 3.05) is 12.5 Å². The first-order chi connectivity index (χ1) is 7.01. The third-order valence-electron chi connectivity index (χ3n) is 1.55. The molecule has 0 aliphatic carbocycles. The zero-order valence-corrected chi connectivity index (χ0v) is 10.5. The van der Waals surface area contributed by atoms with Gasteiger partial charge in [0.1, 0.15) is 0 Å². The van der Waals surface area contributed by atoms with Gasteiger partial charge in [0.15, 0.2) is 0 Å². The van der Waals surface area contributed by atoms with Crippen molar-refractivity contribution in [2.45, 2.75) is 31.9 Å². The highest BCUT2D eigenvalue weighted by Gasteiger charge is 2.14. The van der Waals surface area contributed by atoms with Crippen LogP contribution in [0.25, 0.3) is 0 Å². The molecule has 0 radical (unpaired) electrons. The van der Waals surface area contributed by atoms with Crippen LogP contribution in [0.3, 0.4) is 0 Å². The number of esters is 1. The van der Waals surface area contributed by atoms with E-state index < -0.39 is 12.3 Å². The standard InChI is InChI=1S/C10H16Cl2O3/c1-4-9(14-6-8(12)5-11)15-10(13)7(2)3/h8-9H,2,4-6H2,1,3H3. The lowest BCUT2D eigenvalue weighted by Crippen LogP contribution is -2.24. The summed E-state index contributed by atoms with van der Waals surface area (Å²) in [5, 5.41) is -0.274. The van der Waals surface area contributed by atoms with Crippen LogP contribution in [0.1, 0.15) is 20.3 Å². The van der Waals surface area contributed by atoms with Crippen LogP contribution in [0.2, 0.25) is 0 Å². The van der Waals surface area contributed by atoms with Gasteiger partial charge in [-0.15, -0.1) is 23.2 Å². The Bertz CT molecular complexity index is 219. The van der Waals surface area contributed by atoms with Crippen LogP contribution in [0.5, 0.6) is 0 Å². The Labute approximate surface area is 100 Å². The molecule has 0 amide bonds. The first kappa shape index (κ1) is 14.8. The predicted octanol–water partition coefficient (Wildman–Crippen LogP) is 2.70. The molecule has 0 spiro atoms. The molecule has 0 bridgehead atoms. The molecule has 0 aromatic carbocycles. The SMILES string of the molecule is C=C(C)C(=O)OC(CC)OCC(Cl)CCl. The largest absolute Gasteiger partial charge is 0.432 e. The maximum absolute atomic E-state index is 11.2. The first-order valence-corrected chi connectivity index (χ1v) is 5.66. The normalized spacial score (nSPS) is 14.4. The fraction of sp³-hybridized carbons (Fsp3) is 0.700. The molecule has 0 aliphatic heterocycles. The second-order valence-corrected chi connectivity index (χ2v) is 4.03. The summed E-state index contributed by atoms with van der Waals surface area (Å²) in [5.74, 6) is -0.161. The Morgan fingerprint density at radius 1 is 1.53 bits per heavy atom. The van der Waals surface area contributed by atoms with Gasteiger partial charge in [-0.3, -0.25) is 0 Å². The predicted molar refractivity (Wildman–Crippen MR) is 61.3 cm³/mol. The highest BCUT2D eigenvalue weighted by atomic mass is 35.5. The van der Waals surface area contributed by atoms with Gasteiger partial charge in [-0.2, -0.15) is 0 Å². The van der Waals surface area contributed by atoms with E-state index in [2.05, 4.69) is 6.58 Å². The van der Waals surface area contributed by atoms with Gasteiger partial charge < -0.3 is 9.47 Å². The van der Waals surface area contributed by atoms with Crippen LogP contribution < -0.4 is 0 Å². The minimum Gasteiger partial charge on any atom is -0.432 e. The number of rotatable bonds is 7. The Kier molecular flexibility index (Phi) is 7.83. The Balaban J connectivity index is 3.93. The van der Waals surface area contributed by atoms with Gasteiger partial charge in [-0.05, 0) is 6.92 Å². The number of hydrogen-bond donors (Lipinski definition) is 0. The zero-order valence-electron chi connectivity index (χ0n) is 8.96. The van der Waals surface area contributed by atoms with Gasteiger partial charge in [-0.25, -0.2) is 4.79 Å². The summed E-state index contributed by atoms with van der Waals surface area (Å²) < 4.78 is 10.3. The van der Waals surface area contributed by atoms with Crippen molar-refractivity contribution in [3.05, 3.63) is 12.2 Å². The molecule has 2 unspecified atom stereocenters. The summed E-state index contributed by atoms with van der Waals surface area (Å²) in [7, 11) is 0. The molecule has 3 nitrogen and oxygen atoms in total. The summed E-state index contributed by atoms with van der Waals surface area (Å²) in [6, 6.07) is 0. The molecule has 0 aromatic rings. The fourth-order valence-electron chi connectivity index (χ4n) is 0.711. The van der Waals surface area contributed by atoms with Gasteiger partial charge in [0, 0.05) is 17.9 Å². The van der Waals surface area contributed by atoms with E-state index in [1.165, 1.54) is 0 Å². The summed E-state index contributed by atoms with van der Waals surface area (Å²) in [4.78, 5) is 11.2. The molecule has 0 fully saturated rings. The fourth-order valence-corrected chi connectivity index (χ4v) is 0.873. The third kappa shape index (κ3) is 6.77. The highest BCUT2D eigenvalue weighted by molar-refractivity contribution is 6.28. The van der Waals surface area contributed by atoms with Gasteiger partial charge in [0.2, 0.25) is 6.29 Å². The zero-order chi connectivity index (χ0) is 11.8. The van der Waals surface area contributed by atoms with E-state index in [-0.39, 0.29) is 12.0 Å². The van der Waals surface area contributed by atoms with Crippen molar-refractivity contribution in [2.24, 2.45) is 0 Å². The van der Waals surface area contributed by atoms with Crippen molar-refractivity contribution in [1.29, 1.82) is 0 Å². The van der Waals surface area contributed by atoms with Crippen molar-refractivity contribution in [3.63, 3.8) is 0 Å². The molecule has 0 heterocycles. The highest BCUT2D eigenvalue weighted by Crippen LogP contribution is 2.07. The van der Waals surface area contributed by atoms with Crippen LogP contribution in [-0.2, 0) is 14.3 Å². The molecule has 88 valence electrons. The lowest BCUT2D eigenvalue weighted by molar-refractivity contribution is -0.174. The van der Waals surface area contributed by atoms with Crippen molar-refractivity contribution in [1.82, 2.24) is 0 Å². The molecule has 5 heteroatoms. The smallest absolute Gasteiger partial charge is 0.335 e. The van der Waals surface area contributed by atoms with Gasteiger partial charge in [-0.1, -0.05) is 13.5 Å². The van der Waals surface area contributed by atoms with E-state index in [1.807, 2.05) is 6.92 Å². The lowest BCUT2D eigenvalue weighted by atomic mass is 10.3. The number of ether oxygens (including phenoxy) is 2. The lowest BCUT2D eigenvalue weighted by Gasteiger charge is -2.17. The number of carbonyl (C=O) groups excluding carboxylic acids is 1. The summed E-state index contributed by atoms with van der Waals surface area (Å²) in [5.41, 5.74) is 0.344. The van der Waals surface area contributed by atoms with E-state index in [0.29, 0.717) is 17.9 Å². The number of alkyl halides is 2. The summed E-state index contributed by atoms with van der Waals surface area (Å²) in [6.07, 6.45) is -0.0241. The second-order valence-electron chi connectivity index (χ2n) is 3.11. The summed E-state index contributed by atoms with van der Waals surface area (Å²) >= 11 is 11.3. The van der Waals surface area contributed by atoms with Crippen LogP contribution in [0.4, 0.5) is 0 Å². The maximum atomic E-state index is 11.2. The van der Waals surface area contributed by atoms with E-state index in [0.717, 1.165) is 0 Å². The van der Waals surface area contributed by atoms with E-state index in [9.17, 15) is 4.79 Å². The molecule has 0 aliphatic rings. The quantitative estimate of drug-likeness (QED) is 0.303. The number of carbonyl (C=O) groups is 1. The monoisotopic (exact) mass is 254 g/mol. The molecular weight excluding hydrogens is 239 g/mol. The summed E-state index contributed by atoms with van der Waals surface area (Å²) in [6.45, 7) is 7.16. The van der Waals surface area contributed by atoms with Crippen LogP contribution in [0, 0.1) is 0 Å². The van der Waals surface area contributed by atoms with Crippen LogP contribution >= 0.6 is 23.2 Å². The minimum absolute atomic E-state index is 0.257. The van der Waals surface area contributed by atoms with E-state index >= 15 is 0 Å². The topological polar surface area (TPSA) is 35.5 Å². The van der Waals surface area contributed by atoms with Crippen LogP contribution in [-0.4, -0.2) is 30.1 Å². The average molecular weight is 255 g/mol. The van der Waals surface area contributed by atoms with Gasteiger partial charge >= 0.3 is 5.97 Å². The van der Waals surface area contributed by atoms with Crippen molar-refractivity contribution >= 4 is 29.2 Å². The minimum atomic E-state index is -0.585. The Morgan fingerprint density at radius 2 is 2.13 bits per heavy atom. The van der Waals surface area contributed by atoms with Crippen molar-refractivity contribution < 1.29 is 14.3 Å². The molecule has 0 aromatic heterocycles. The van der Waals surface area contributed by atoms with Gasteiger partial charge in [0.25, 0.3) is 0 Å². The van der Waals surface area contributed by atoms with Crippen LogP contribution in [0.15, 0.2) is 12.2 Å². The second kappa shape index (κ2) is 7.97. The molecule has 15 heavy (non-hydrogen) atoms. The van der Waals surface area contributed by atoms with Crippen molar-refractivity contribution in [3.8, 4) is 0 Å². The van der Waals surface area contributed by atoms with E-state index in [4.69, 9.17) is 32.7 Å². The first-order valence-electron chi connectivity index (χ1n) is 4.69. The Morgan fingerprint density at radius 3 is 2.53 bits per heavy atom. The molecule has 0 saturated heterocycles. The van der Waals surface area contributed by atoms with Gasteiger partial charge in [0.05, 0.1) is 12.0 Å².